The zero-order chi connectivity index (χ0) is 16.5. The molecule has 120 valence electrons. The summed E-state index contributed by atoms with van der Waals surface area (Å²) < 4.78 is 36.9. The van der Waals surface area contributed by atoms with E-state index in [-0.39, 0.29) is 5.92 Å². The smallest absolute Gasteiger partial charge is 0.391 e. The fourth-order valence-corrected chi connectivity index (χ4v) is 2.59. The Labute approximate surface area is 129 Å². The average molecular weight is 336 g/mol. The number of carboxylic acid groups (broad SMARTS) is 1. The first-order valence-electron chi connectivity index (χ1n) is 6.53. The van der Waals surface area contributed by atoms with E-state index in [1.807, 2.05) is 5.32 Å². The van der Waals surface area contributed by atoms with Crippen LogP contribution in [0, 0.1) is 5.92 Å². The van der Waals surface area contributed by atoms with Gasteiger partial charge in [0.2, 0.25) is 5.91 Å². The van der Waals surface area contributed by atoms with E-state index < -0.39 is 36.4 Å². The van der Waals surface area contributed by atoms with E-state index in [1.165, 1.54) is 0 Å². The number of rotatable bonds is 5. The van der Waals surface area contributed by atoms with Crippen molar-refractivity contribution in [3.05, 3.63) is 34.9 Å². The largest absolute Gasteiger partial charge is 0.480 e. The predicted molar refractivity (Wildman–Crippen MR) is 72.5 cm³/mol. The van der Waals surface area contributed by atoms with Crippen molar-refractivity contribution in [3.8, 4) is 0 Å². The van der Waals surface area contributed by atoms with E-state index in [0.717, 1.165) is 5.56 Å². The highest BCUT2D eigenvalue weighted by atomic mass is 35.5. The second-order valence-electron chi connectivity index (χ2n) is 5.19. The van der Waals surface area contributed by atoms with Crippen molar-refractivity contribution in [1.82, 2.24) is 5.32 Å². The molecule has 22 heavy (non-hydrogen) atoms. The first kappa shape index (κ1) is 16.6. The van der Waals surface area contributed by atoms with E-state index in [4.69, 9.17) is 16.7 Å². The lowest BCUT2D eigenvalue weighted by Gasteiger charge is -2.16. The highest BCUT2D eigenvalue weighted by Crippen LogP contribution is 2.49. The van der Waals surface area contributed by atoms with Gasteiger partial charge in [0.1, 0.15) is 6.04 Å². The lowest BCUT2D eigenvalue weighted by atomic mass is 10.1. The minimum atomic E-state index is -4.66. The SMILES string of the molecule is O=C(O)C(CC(F)(F)F)NC(=O)C1CC1c1ccccc1Cl. The van der Waals surface area contributed by atoms with Crippen LogP contribution in [0.1, 0.15) is 24.3 Å². The van der Waals surface area contributed by atoms with E-state index >= 15 is 0 Å². The third-order valence-corrected chi connectivity index (χ3v) is 3.83. The lowest BCUT2D eigenvalue weighted by Crippen LogP contribution is -2.44. The maximum absolute atomic E-state index is 12.3. The molecule has 0 spiro atoms. The number of aliphatic carboxylic acids is 1. The summed E-state index contributed by atoms with van der Waals surface area (Å²) in [6, 6.07) is 4.91. The Morgan fingerprint density at radius 3 is 2.55 bits per heavy atom. The fourth-order valence-electron chi connectivity index (χ4n) is 2.31. The Balaban J connectivity index is 1.98. The van der Waals surface area contributed by atoms with Crippen LogP contribution in [0.4, 0.5) is 13.2 Å². The summed E-state index contributed by atoms with van der Waals surface area (Å²) in [4.78, 5) is 22.7. The minimum absolute atomic E-state index is 0.186. The van der Waals surface area contributed by atoms with Gasteiger partial charge in [0.05, 0.1) is 6.42 Å². The maximum atomic E-state index is 12.3. The van der Waals surface area contributed by atoms with Gasteiger partial charge in [0.15, 0.2) is 0 Å². The first-order valence-corrected chi connectivity index (χ1v) is 6.91. The highest BCUT2D eigenvalue weighted by molar-refractivity contribution is 6.31. The summed E-state index contributed by atoms with van der Waals surface area (Å²) in [5.41, 5.74) is 0.743. The lowest BCUT2D eigenvalue weighted by molar-refractivity contribution is -0.160. The third-order valence-electron chi connectivity index (χ3n) is 3.48. The molecular weight excluding hydrogens is 323 g/mol. The van der Waals surface area contributed by atoms with Gasteiger partial charge in [0, 0.05) is 10.9 Å². The maximum Gasteiger partial charge on any atom is 0.391 e. The van der Waals surface area contributed by atoms with Crippen LogP contribution in [0.5, 0.6) is 0 Å². The molecule has 1 fully saturated rings. The molecule has 8 heteroatoms. The summed E-state index contributed by atoms with van der Waals surface area (Å²) >= 11 is 6.00. The number of alkyl halides is 3. The monoisotopic (exact) mass is 335 g/mol. The van der Waals surface area contributed by atoms with Gasteiger partial charge in [-0.3, -0.25) is 4.79 Å². The van der Waals surface area contributed by atoms with Gasteiger partial charge in [-0.25, -0.2) is 4.79 Å². The molecule has 3 atom stereocenters. The van der Waals surface area contributed by atoms with Crippen LogP contribution in [0.3, 0.4) is 0 Å². The molecule has 1 aliphatic rings. The van der Waals surface area contributed by atoms with Gasteiger partial charge >= 0.3 is 12.1 Å². The van der Waals surface area contributed by atoms with Crippen molar-refractivity contribution in [2.24, 2.45) is 5.92 Å². The van der Waals surface area contributed by atoms with E-state index in [2.05, 4.69) is 0 Å². The van der Waals surface area contributed by atoms with Crippen LogP contribution < -0.4 is 5.32 Å². The van der Waals surface area contributed by atoms with Crippen molar-refractivity contribution < 1.29 is 27.9 Å². The van der Waals surface area contributed by atoms with Crippen molar-refractivity contribution >= 4 is 23.5 Å². The molecule has 0 aliphatic heterocycles. The second kappa shape index (κ2) is 6.16. The molecule has 1 aromatic carbocycles. The average Bonchev–Trinajstić information content (AvgIpc) is 3.17. The summed E-state index contributed by atoms with van der Waals surface area (Å²) in [7, 11) is 0. The number of carbonyl (C=O) groups excluding carboxylic acids is 1. The number of halogens is 4. The van der Waals surface area contributed by atoms with Gasteiger partial charge in [-0.1, -0.05) is 29.8 Å². The Morgan fingerprint density at radius 2 is 2.00 bits per heavy atom. The molecule has 0 heterocycles. The second-order valence-corrected chi connectivity index (χ2v) is 5.60. The van der Waals surface area contributed by atoms with Crippen LogP contribution in [0.2, 0.25) is 5.02 Å². The molecule has 0 radical (unpaired) electrons. The summed E-state index contributed by atoms with van der Waals surface area (Å²) in [6.45, 7) is 0. The summed E-state index contributed by atoms with van der Waals surface area (Å²) in [6.07, 6.45) is -5.83. The van der Waals surface area contributed by atoms with E-state index in [0.29, 0.717) is 11.4 Å². The van der Waals surface area contributed by atoms with Gasteiger partial charge in [0.25, 0.3) is 0 Å². The number of nitrogens with one attached hydrogen (secondary N) is 1. The van der Waals surface area contributed by atoms with Crippen LogP contribution in [-0.4, -0.2) is 29.2 Å². The summed E-state index contributed by atoms with van der Waals surface area (Å²) in [5, 5.41) is 11.2. The Morgan fingerprint density at radius 1 is 1.36 bits per heavy atom. The van der Waals surface area contributed by atoms with Crippen molar-refractivity contribution in [2.75, 3.05) is 0 Å². The van der Waals surface area contributed by atoms with Gasteiger partial charge in [-0.2, -0.15) is 13.2 Å². The van der Waals surface area contributed by atoms with Crippen LogP contribution >= 0.6 is 11.6 Å². The number of hydrogen-bond acceptors (Lipinski definition) is 2. The first-order chi connectivity index (χ1) is 10.2. The zero-order valence-corrected chi connectivity index (χ0v) is 12.0. The van der Waals surface area contributed by atoms with Crippen molar-refractivity contribution in [3.63, 3.8) is 0 Å². The number of carboxylic acids is 1. The van der Waals surface area contributed by atoms with Gasteiger partial charge in [-0.15, -0.1) is 0 Å². The molecule has 0 saturated heterocycles. The Hall–Kier alpha value is -1.76. The molecule has 3 unspecified atom stereocenters. The highest BCUT2D eigenvalue weighted by Gasteiger charge is 2.46. The number of benzene rings is 1. The number of carbonyl (C=O) groups is 2. The predicted octanol–water partition coefficient (Wildman–Crippen LogP) is 2.97. The van der Waals surface area contributed by atoms with Crippen molar-refractivity contribution in [1.29, 1.82) is 0 Å². The standard InChI is InChI=1S/C14H13ClF3NO3/c15-10-4-2-1-3-7(10)8-5-9(8)12(20)19-11(13(21)22)6-14(16,17)18/h1-4,8-9,11H,5-6H2,(H,19,20)(H,21,22). The van der Waals surface area contributed by atoms with E-state index in [1.54, 1.807) is 24.3 Å². The normalized spacial score (nSPS) is 22.0. The molecule has 1 amide bonds. The molecule has 2 N–H and O–H groups in total. The third kappa shape index (κ3) is 4.13. The van der Waals surface area contributed by atoms with Gasteiger partial charge < -0.3 is 10.4 Å². The molecule has 4 nitrogen and oxygen atoms in total. The summed E-state index contributed by atoms with van der Waals surface area (Å²) in [5.74, 6) is -3.13. The fraction of sp³-hybridized carbons (Fsp3) is 0.429. The van der Waals surface area contributed by atoms with Crippen LogP contribution in [0.25, 0.3) is 0 Å². The zero-order valence-electron chi connectivity index (χ0n) is 11.2. The Bertz CT molecular complexity index is 591. The van der Waals surface area contributed by atoms with Crippen LogP contribution in [-0.2, 0) is 9.59 Å². The van der Waals surface area contributed by atoms with E-state index in [9.17, 15) is 22.8 Å². The molecular formula is C14H13ClF3NO3. The quantitative estimate of drug-likeness (QED) is 0.869. The molecule has 1 saturated carbocycles. The number of amides is 1. The molecule has 0 aromatic heterocycles. The molecule has 2 rings (SSSR count). The number of hydrogen-bond donors (Lipinski definition) is 2. The topological polar surface area (TPSA) is 66.4 Å². The van der Waals surface area contributed by atoms with Gasteiger partial charge in [-0.05, 0) is 24.0 Å². The molecule has 1 aliphatic carbocycles. The van der Waals surface area contributed by atoms with Crippen LogP contribution in [0.15, 0.2) is 24.3 Å². The minimum Gasteiger partial charge on any atom is -0.480 e. The Kier molecular flexibility index (Phi) is 4.65. The van der Waals surface area contributed by atoms with Crippen molar-refractivity contribution in [2.45, 2.75) is 31.0 Å². The molecule has 0 bridgehead atoms. The molecule has 1 aromatic rings.